The molecule has 3 heteroatoms. The maximum atomic E-state index is 11.7. The summed E-state index contributed by atoms with van der Waals surface area (Å²) >= 11 is 0. The van der Waals surface area contributed by atoms with Crippen LogP contribution >= 0.6 is 0 Å². The van der Waals surface area contributed by atoms with Gasteiger partial charge in [-0.3, -0.25) is 4.79 Å². The molecule has 0 atom stereocenters. The van der Waals surface area contributed by atoms with Crippen LogP contribution in [0.4, 0.5) is 5.69 Å². The van der Waals surface area contributed by atoms with Gasteiger partial charge in [-0.15, -0.1) is 0 Å². The van der Waals surface area contributed by atoms with Crippen LogP contribution in [0.1, 0.15) is 15.9 Å². The molecule has 2 rings (SSSR count). The van der Waals surface area contributed by atoms with Gasteiger partial charge >= 0.3 is 0 Å². The minimum atomic E-state index is -0.146. The zero-order chi connectivity index (χ0) is 10.7. The summed E-state index contributed by atoms with van der Waals surface area (Å²) in [5, 5.41) is 2.79. The van der Waals surface area contributed by atoms with Gasteiger partial charge in [0.05, 0.1) is 11.8 Å². The second-order valence-electron chi connectivity index (χ2n) is 3.29. The highest BCUT2D eigenvalue weighted by molar-refractivity contribution is 6.04. The summed E-state index contributed by atoms with van der Waals surface area (Å²) in [5.41, 5.74) is 2.19. The lowest BCUT2D eigenvalue weighted by molar-refractivity contribution is 0.102. The molecular weight excluding hydrogens is 190 g/mol. The molecule has 0 radical (unpaired) electrons. The third-order valence-corrected chi connectivity index (χ3v) is 2.13. The van der Waals surface area contributed by atoms with Crippen LogP contribution in [0.25, 0.3) is 0 Å². The molecule has 0 spiro atoms. The van der Waals surface area contributed by atoms with E-state index < -0.39 is 0 Å². The van der Waals surface area contributed by atoms with Gasteiger partial charge in [-0.2, -0.15) is 0 Å². The fraction of sp³-hybridized carbons (Fsp3) is 0.0833. The van der Waals surface area contributed by atoms with Crippen molar-refractivity contribution in [2.75, 3.05) is 5.32 Å². The van der Waals surface area contributed by atoms with E-state index >= 15 is 0 Å². The summed E-state index contributed by atoms with van der Waals surface area (Å²) in [6, 6.07) is 9.33. The van der Waals surface area contributed by atoms with Gasteiger partial charge in [0.25, 0.3) is 5.91 Å². The number of benzene rings is 1. The number of aryl methyl sites for hydroxylation is 1. The number of furan rings is 1. The predicted molar refractivity (Wildman–Crippen MR) is 57.8 cm³/mol. The van der Waals surface area contributed by atoms with Crippen LogP contribution < -0.4 is 5.32 Å². The molecule has 1 N–H and O–H groups in total. The van der Waals surface area contributed by atoms with E-state index in [2.05, 4.69) is 5.32 Å². The average molecular weight is 201 g/mol. The Bertz CT molecular complexity index is 459. The van der Waals surface area contributed by atoms with Crippen molar-refractivity contribution in [2.24, 2.45) is 0 Å². The fourth-order valence-electron chi connectivity index (χ4n) is 1.31. The van der Waals surface area contributed by atoms with Gasteiger partial charge in [0.15, 0.2) is 0 Å². The molecule has 0 fully saturated rings. The smallest absolute Gasteiger partial charge is 0.259 e. The van der Waals surface area contributed by atoms with E-state index in [1.54, 1.807) is 6.26 Å². The molecule has 0 unspecified atom stereocenters. The number of anilines is 1. The molecule has 1 amide bonds. The van der Waals surface area contributed by atoms with Crippen molar-refractivity contribution in [2.45, 2.75) is 6.92 Å². The van der Waals surface area contributed by atoms with Gasteiger partial charge in [0.2, 0.25) is 0 Å². The third-order valence-electron chi connectivity index (χ3n) is 2.13. The first-order valence-corrected chi connectivity index (χ1v) is 4.66. The van der Waals surface area contributed by atoms with Crippen LogP contribution in [0, 0.1) is 6.92 Å². The van der Waals surface area contributed by atoms with Crippen molar-refractivity contribution >= 4 is 11.6 Å². The number of nitrogens with one attached hydrogen (secondary N) is 1. The molecule has 0 saturated heterocycles. The lowest BCUT2D eigenvalue weighted by Crippen LogP contribution is -2.11. The Labute approximate surface area is 87.7 Å². The van der Waals surface area contributed by atoms with Crippen LogP contribution in [-0.2, 0) is 0 Å². The maximum absolute atomic E-state index is 11.7. The van der Waals surface area contributed by atoms with E-state index in [-0.39, 0.29) is 5.91 Å². The van der Waals surface area contributed by atoms with Gasteiger partial charge < -0.3 is 9.73 Å². The SMILES string of the molecule is Cc1cocc1C(=O)Nc1ccccc1. The maximum Gasteiger partial charge on any atom is 0.259 e. The highest BCUT2D eigenvalue weighted by atomic mass is 16.3. The second kappa shape index (κ2) is 4.00. The number of carbonyl (C=O) groups excluding carboxylic acids is 1. The van der Waals surface area contributed by atoms with Crippen LogP contribution in [0.5, 0.6) is 0 Å². The van der Waals surface area contributed by atoms with Crippen LogP contribution in [0.2, 0.25) is 0 Å². The minimum absolute atomic E-state index is 0.146. The molecule has 0 saturated carbocycles. The van der Waals surface area contributed by atoms with Crippen molar-refractivity contribution < 1.29 is 9.21 Å². The molecule has 1 aromatic carbocycles. The summed E-state index contributed by atoms with van der Waals surface area (Å²) in [5.74, 6) is -0.146. The number of amides is 1. The van der Waals surface area contributed by atoms with E-state index in [0.29, 0.717) is 5.56 Å². The number of hydrogen-bond acceptors (Lipinski definition) is 2. The monoisotopic (exact) mass is 201 g/mol. The molecule has 0 aliphatic carbocycles. The Morgan fingerprint density at radius 2 is 1.93 bits per heavy atom. The standard InChI is InChI=1S/C12H11NO2/c1-9-7-15-8-11(9)12(14)13-10-5-3-2-4-6-10/h2-8H,1H3,(H,13,14). The molecule has 0 aliphatic rings. The lowest BCUT2D eigenvalue weighted by Gasteiger charge is -2.02. The Morgan fingerprint density at radius 3 is 2.53 bits per heavy atom. The van der Waals surface area contributed by atoms with Crippen molar-refractivity contribution in [3.05, 3.63) is 54.0 Å². The fourth-order valence-corrected chi connectivity index (χ4v) is 1.31. The highest BCUT2D eigenvalue weighted by Crippen LogP contribution is 2.12. The third kappa shape index (κ3) is 2.07. The second-order valence-corrected chi connectivity index (χ2v) is 3.29. The summed E-state index contributed by atoms with van der Waals surface area (Å²) in [6.07, 6.45) is 3.01. The number of para-hydroxylation sites is 1. The van der Waals surface area contributed by atoms with E-state index in [9.17, 15) is 4.79 Å². The molecule has 0 bridgehead atoms. The number of hydrogen-bond donors (Lipinski definition) is 1. The zero-order valence-corrected chi connectivity index (χ0v) is 8.36. The molecule has 1 aromatic heterocycles. The topological polar surface area (TPSA) is 42.2 Å². The molecule has 15 heavy (non-hydrogen) atoms. The normalized spacial score (nSPS) is 9.93. The van der Waals surface area contributed by atoms with Crippen molar-refractivity contribution in [1.82, 2.24) is 0 Å². The first-order valence-electron chi connectivity index (χ1n) is 4.66. The highest BCUT2D eigenvalue weighted by Gasteiger charge is 2.10. The number of rotatable bonds is 2. The van der Waals surface area contributed by atoms with Gasteiger partial charge in [-0.1, -0.05) is 18.2 Å². The molecule has 76 valence electrons. The van der Waals surface area contributed by atoms with Gasteiger partial charge in [-0.25, -0.2) is 0 Å². The first-order chi connectivity index (χ1) is 7.27. The summed E-state index contributed by atoms with van der Waals surface area (Å²) in [7, 11) is 0. The van der Waals surface area contributed by atoms with Crippen molar-refractivity contribution in [1.29, 1.82) is 0 Å². The Morgan fingerprint density at radius 1 is 1.20 bits per heavy atom. The van der Waals surface area contributed by atoms with Crippen LogP contribution in [0.15, 0.2) is 47.3 Å². The Kier molecular flexibility index (Phi) is 2.54. The van der Waals surface area contributed by atoms with E-state index in [1.165, 1.54) is 6.26 Å². The van der Waals surface area contributed by atoms with E-state index in [4.69, 9.17) is 4.42 Å². The summed E-state index contributed by atoms with van der Waals surface area (Å²) in [4.78, 5) is 11.7. The van der Waals surface area contributed by atoms with E-state index in [0.717, 1.165) is 11.3 Å². The summed E-state index contributed by atoms with van der Waals surface area (Å²) < 4.78 is 4.94. The zero-order valence-electron chi connectivity index (χ0n) is 8.36. The van der Waals surface area contributed by atoms with Gasteiger partial charge in [-0.05, 0) is 24.6 Å². The van der Waals surface area contributed by atoms with E-state index in [1.807, 2.05) is 37.3 Å². The quantitative estimate of drug-likeness (QED) is 0.811. The van der Waals surface area contributed by atoms with Crippen molar-refractivity contribution in [3.8, 4) is 0 Å². The number of carbonyl (C=O) groups is 1. The lowest BCUT2D eigenvalue weighted by atomic mass is 10.2. The Hall–Kier alpha value is -2.03. The molecule has 2 aromatic rings. The molecular formula is C12H11NO2. The van der Waals surface area contributed by atoms with Crippen molar-refractivity contribution in [3.63, 3.8) is 0 Å². The molecule has 1 heterocycles. The Balaban J connectivity index is 2.15. The largest absolute Gasteiger partial charge is 0.471 e. The van der Waals surface area contributed by atoms with Gasteiger partial charge in [0.1, 0.15) is 6.26 Å². The first kappa shape index (κ1) is 9.52. The average Bonchev–Trinajstić information content (AvgIpc) is 2.66. The van der Waals surface area contributed by atoms with Gasteiger partial charge in [0, 0.05) is 5.69 Å². The molecule has 3 nitrogen and oxygen atoms in total. The summed E-state index contributed by atoms with van der Waals surface area (Å²) in [6.45, 7) is 1.84. The predicted octanol–water partition coefficient (Wildman–Crippen LogP) is 2.84. The van der Waals surface area contributed by atoms with Crippen LogP contribution in [-0.4, -0.2) is 5.91 Å². The minimum Gasteiger partial charge on any atom is -0.471 e. The molecule has 0 aliphatic heterocycles. The van der Waals surface area contributed by atoms with Crippen LogP contribution in [0.3, 0.4) is 0 Å².